The number of fused-ring (bicyclic) bond motifs is 2. The van der Waals surface area contributed by atoms with E-state index in [4.69, 9.17) is 0 Å². The van der Waals surface area contributed by atoms with Crippen LogP contribution in [0.3, 0.4) is 0 Å². The fourth-order valence-electron chi connectivity index (χ4n) is 2.78. The topological polar surface area (TPSA) is 83.1 Å². The van der Waals surface area contributed by atoms with Crippen LogP contribution in [-0.2, 0) is 0 Å². The minimum absolute atomic E-state index is 0.233. The molecule has 2 aromatic carbocycles. The van der Waals surface area contributed by atoms with Crippen molar-refractivity contribution in [2.75, 3.05) is 6.54 Å². The number of carbonyl (C=O) groups excluding carboxylic acids is 3. The first-order valence-electron chi connectivity index (χ1n) is 7.08. The predicted molar refractivity (Wildman–Crippen MR) is 82.2 cm³/mol. The molecule has 112 valence electrons. The van der Waals surface area contributed by atoms with Crippen LogP contribution >= 0.6 is 0 Å². The predicted octanol–water partition coefficient (Wildman–Crippen LogP) is 2.04. The van der Waals surface area contributed by atoms with E-state index in [-0.39, 0.29) is 18.0 Å². The van der Waals surface area contributed by atoms with Gasteiger partial charge in [0, 0.05) is 5.39 Å². The van der Waals surface area contributed by atoms with Crippen molar-refractivity contribution in [1.29, 1.82) is 0 Å². The lowest BCUT2D eigenvalue weighted by molar-refractivity contribution is 0.0623. The number of aromatic nitrogens is 2. The number of carbonyl (C=O) groups is 3. The summed E-state index contributed by atoms with van der Waals surface area (Å²) in [6, 6.07) is 13.8. The summed E-state index contributed by atoms with van der Waals surface area (Å²) < 4.78 is 0. The Hall–Kier alpha value is -3.28. The van der Waals surface area contributed by atoms with Crippen LogP contribution < -0.4 is 0 Å². The van der Waals surface area contributed by atoms with Gasteiger partial charge in [0.05, 0.1) is 23.2 Å². The van der Waals surface area contributed by atoms with Gasteiger partial charge in [0.2, 0.25) is 5.78 Å². The molecular weight excluding hydrogens is 294 g/mol. The molecular formula is C17H11N3O3. The SMILES string of the molecule is O=C(CN1C(=O)c2ccccc2C1=O)c1n[nH]c2ccccc12. The van der Waals surface area contributed by atoms with E-state index in [1.54, 1.807) is 42.5 Å². The molecule has 0 saturated heterocycles. The van der Waals surface area contributed by atoms with Crippen LogP contribution in [0.5, 0.6) is 0 Å². The van der Waals surface area contributed by atoms with Crippen LogP contribution in [-0.4, -0.2) is 39.2 Å². The van der Waals surface area contributed by atoms with Crippen molar-refractivity contribution in [3.63, 3.8) is 0 Å². The summed E-state index contributed by atoms with van der Waals surface area (Å²) in [7, 11) is 0. The Labute approximate surface area is 130 Å². The molecule has 6 nitrogen and oxygen atoms in total. The number of Topliss-reactive ketones (excluding diaryl/α,β-unsaturated/α-hetero) is 1. The van der Waals surface area contributed by atoms with Crippen molar-refractivity contribution >= 4 is 28.5 Å². The van der Waals surface area contributed by atoms with Crippen molar-refractivity contribution in [1.82, 2.24) is 15.1 Å². The van der Waals surface area contributed by atoms with Crippen molar-refractivity contribution < 1.29 is 14.4 Å². The van der Waals surface area contributed by atoms with Gasteiger partial charge in [-0.25, -0.2) is 0 Å². The number of para-hydroxylation sites is 1. The maximum Gasteiger partial charge on any atom is 0.261 e. The number of nitrogens with zero attached hydrogens (tertiary/aromatic N) is 2. The van der Waals surface area contributed by atoms with Gasteiger partial charge in [-0.15, -0.1) is 0 Å². The molecule has 0 saturated carbocycles. The number of imide groups is 1. The van der Waals surface area contributed by atoms with Crippen LogP contribution in [0, 0.1) is 0 Å². The lowest BCUT2D eigenvalue weighted by Gasteiger charge is -2.11. The minimum Gasteiger partial charge on any atom is -0.290 e. The lowest BCUT2D eigenvalue weighted by atomic mass is 10.1. The summed E-state index contributed by atoms with van der Waals surface area (Å²) >= 11 is 0. The van der Waals surface area contributed by atoms with E-state index in [1.807, 2.05) is 6.07 Å². The highest BCUT2D eigenvalue weighted by atomic mass is 16.2. The number of amides is 2. The molecule has 0 spiro atoms. The molecule has 0 aliphatic carbocycles. The molecule has 0 radical (unpaired) electrons. The van der Waals surface area contributed by atoms with Gasteiger partial charge in [0.1, 0.15) is 5.69 Å². The van der Waals surface area contributed by atoms with Crippen molar-refractivity contribution in [3.05, 3.63) is 65.4 Å². The number of benzene rings is 2. The second-order valence-electron chi connectivity index (χ2n) is 5.28. The number of aromatic amines is 1. The summed E-state index contributed by atoms with van der Waals surface area (Å²) in [5.41, 5.74) is 1.63. The van der Waals surface area contributed by atoms with Gasteiger partial charge in [-0.05, 0) is 18.2 Å². The third-order valence-electron chi connectivity index (χ3n) is 3.91. The zero-order chi connectivity index (χ0) is 16.0. The third-order valence-corrected chi connectivity index (χ3v) is 3.91. The lowest BCUT2D eigenvalue weighted by Crippen LogP contribution is -2.35. The molecule has 1 aliphatic heterocycles. The van der Waals surface area contributed by atoms with Gasteiger partial charge in [0.25, 0.3) is 11.8 Å². The molecule has 2 amide bonds. The normalized spacial score (nSPS) is 13.7. The van der Waals surface area contributed by atoms with Crippen LogP contribution in [0.2, 0.25) is 0 Å². The largest absolute Gasteiger partial charge is 0.290 e. The highest BCUT2D eigenvalue weighted by molar-refractivity contribution is 6.23. The van der Waals surface area contributed by atoms with Crippen molar-refractivity contribution in [2.45, 2.75) is 0 Å². The van der Waals surface area contributed by atoms with E-state index in [0.717, 1.165) is 10.4 Å². The van der Waals surface area contributed by atoms with Gasteiger partial charge in [-0.3, -0.25) is 24.4 Å². The smallest absolute Gasteiger partial charge is 0.261 e. The van der Waals surface area contributed by atoms with E-state index < -0.39 is 11.8 Å². The summed E-state index contributed by atoms with van der Waals surface area (Å²) in [6.45, 7) is -0.318. The van der Waals surface area contributed by atoms with Gasteiger partial charge in [0.15, 0.2) is 0 Å². The van der Waals surface area contributed by atoms with Crippen LogP contribution in [0.1, 0.15) is 31.2 Å². The molecule has 0 bridgehead atoms. The Bertz CT molecular complexity index is 939. The van der Waals surface area contributed by atoms with Gasteiger partial charge < -0.3 is 0 Å². The highest BCUT2D eigenvalue weighted by Gasteiger charge is 2.36. The zero-order valence-corrected chi connectivity index (χ0v) is 11.9. The summed E-state index contributed by atoms with van der Waals surface area (Å²) in [5, 5.41) is 7.46. The Morgan fingerprint density at radius 3 is 2.26 bits per heavy atom. The molecule has 0 fully saturated rings. The first kappa shape index (κ1) is 13.4. The highest BCUT2D eigenvalue weighted by Crippen LogP contribution is 2.23. The number of nitrogens with one attached hydrogen (secondary N) is 1. The molecule has 0 unspecified atom stereocenters. The van der Waals surface area contributed by atoms with Gasteiger partial charge in [-0.1, -0.05) is 30.3 Å². The van der Waals surface area contributed by atoms with Crippen molar-refractivity contribution in [3.8, 4) is 0 Å². The van der Waals surface area contributed by atoms with Crippen LogP contribution in [0.25, 0.3) is 10.9 Å². The molecule has 1 aromatic heterocycles. The van der Waals surface area contributed by atoms with Crippen molar-refractivity contribution in [2.24, 2.45) is 0 Å². The Kier molecular flexibility index (Phi) is 2.84. The number of hydrogen-bond donors (Lipinski definition) is 1. The maximum absolute atomic E-state index is 12.5. The summed E-state index contributed by atoms with van der Waals surface area (Å²) in [5.74, 6) is -1.27. The molecule has 0 atom stereocenters. The molecule has 1 N–H and O–H groups in total. The van der Waals surface area contributed by atoms with Gasteiger partial charge in [-0.2, -0.15) is 5.10 Å². The molecule has 3 aromatic rings. The Morgan fingerprint density at radius 1 is 0.957 bits per heavy atom. The first-order chi connectivity index (χ1) is 11.2. The molecule has 1 aliphatic rings. The molecule has 23 heavy (non-hydrogen) atoms. The van der Waals surface area contributed by atoms with E-state index in [2.05, 4.69) is 10.2 Å². The van der Waals surface area contributed by atoms with E-state index in [1.165, 1.54) is 0 Å². The fraction of sp³-hybridized carbons (Fsp3) is 0.0588. The standard InChI is InChI=1S/C17H11N3O3/c21-14(15-12-7-3-4-8-13(12)18-19-15)9-20-16(22)10-5-1-2-6-11(10)17(20)23/h1-8H,9H2,(H,18,19). The fourth-order valence-corrected chi connectivity index (χ4v) is 2.78. The Morgan fingerprint density at radius 2 is 1.57 bits per heavy atom. The van der Waals surface area contributed by atoms with E-state index >= 15 is 0 Å². The third kappa shape index (κ3) is 1.96. The summed E-state index contributed by atoms with van der Waals surface area (Å²) in [4.78, 5) is 38.1. The number of hydrogen-bond acceptors (Lipinski definition) is 4. The van der Waals surface area contributed by atoms with E-state index in [9.17, 15) is 14.4 Å². The summed E-state index contributed by atoms with van der Waals surface area (Å²) in [6.07, 6.45) is 0. The quantitative estimate of drug-likeness (QED) is 0.593. The average Bonchev–Trinajstić information content (AvgIpc) is 3.11. The molecule has 6 heteroatoms. The number of ketones is 1. The van der Waals surface area contributed by atoms with Crippen LogP contribution in [0.4, 0.5) is 0 Å². The van der Waals surface area contributed by atoms with Gasteiger partial charge >= 0.3 is 0 Å². The average molecular weight is 305 g/mol. The Balaban J connectivity index is 1.65. The first-order valence-corrected chi connectivity index (χ1v) is 7.08. The molecule has 2 heterocycles. The number of H-pyrrole nitrogens is 1. The molecule has 4 rings (SSSR count). The second-order valence-corrected chi connectivity index (χ2v) is 5.28. The van der Waals surface area contributed by atoms with Crippen LogP contribution in [0.15, 0.2) is 48.5 Å². The minimum atomic E-state index is -0.446. The monoisotopic (exact) mass is 305 g/mol. The maximum atomic E-state index is 12.5. The second kappa shape index (κ2) is 4.88. The number of rotatable bonds is 3. The van der Waals surface area contributed by atoms with E-state index in [0.29, 0.717) is 16.5 Å². The zero-order valence-electron chi connectivity index (χ0n) is 11.9.